The van der Waals surface area contributed by atoms with Gasteiger partial charge in [-0.1, -0.05) is 23.2 Å². The summed E-state index contributed by atoms with van der Waals surface area (Å²) in [4.78, 5) is 3.65. The van der Waals surface area contributed by atoms with Gasteiger partial charge in [0.1, 0.15) is 4.21 Å². The minimum atomic E-state index is -3.69. The molecule has 1 fully saturated rings. The number of halogens is 2. The number of sulfonamides is 1. The van der Waals surface area contributed by atoms with Crippen molar-refractivity contribution in [1.82, 2.24) is 0 Å². The van der Waals surface area contributed by atoms with Crippen LogP contribution in [-0.2, 0) is 10.0 Å². The summed E-state index contributed by atoms with van der Waals surface area (Å²) in [5, 5.41) is 0.486. The quantitative estimate of drug-likeness (QED) is 0.817. The first-order valence-electron chi connectivity index (χ1n) is 7.49. The average molecular weight is 407 g/mol. The van der Waals surface area contributed by atoms with Gasteiger partial charge in [0.15, 0.2) is 0 Å². The molecule has 2 aromatic rings. The minimum absolute atomic E-state index is 0.182. The fraction of sp³-hybridized carbons (Fsp3) is 0.333. The minimum Gasteiger partial charge on any atom is -0.359 e. The Morgan fingerprint density at radius 3 is 2.50 bits per heavy atom. The fourth-order valence-electron chi connectivity index (χ4n) is 2.63. The number of rotatable bonds is 4. The van der Waals surface area contributed by atoms with E-state index in [1.807, 2.05) is 6.07 Å². The van der Waals surface area contributed by atoms with E-state index in [0.29, 0.717) is 15.0 Å². The van der Waals surface area contributed by atoms with Gasteiger partial charge in [-0.25, -0.2) is 8.42 Å². The van der Waals surface area contributed by atoms with E-state index in [1.165, 1.54) is 11.0 Å². The van der Waals surface area contributed by atoms with Crippen LogP contribution < -0.4 is 14.5 Å². The predicted molar refractivity (Wildman–Crippen MR) is 100 cm³/mol. The SMILES string of the molecule is C[NH+]1CCN(c2ccc(Cl)cc2NS(=O)(=O)c2ccc(Cl)s2)CC1. The number of quaternary nitrogens is 1. The summed E-state index contributed by atoms with van der Waals surface area (Å²) in [6, 6.07) is 8.36. The third-order valence-electron chi connectivity index (χ3n) is 3.97. The fourth-order valence-corrected chi connectivity index (χ4v) is 5.35. The van der Waals surface area contributed by atoms with E-state index in [4.69, 9.17) is 23.2 Å². The van der Waals surface area contributed by atoms with Crippen LogP contribution in [0.25, 0.3) is 0 Å². The molecule has 0 saturated carbocycles. The second kappa shape index (κ2) is 7.09. The van der Waals surface area contributed by atoms with Crippen LogP contribution in [0.5, 0.6) is 0 Å². The molecule has 1 aliphatic rings. The van der Waals surface area contributed by atoms with Crippen LogP contribution in [0, 0.1) is 0 Å². The van der Waals surface area contributed by atoms with Gasteiger partial charge >= 0.3 is 0 Å². The molecule has 1 aliphatic heterocycles. The number of piperazine rings is 1. The monoisotopic (exact) mass is 406 g/mol. The molecule has 1 aromatic heterocycles. The van der Waals surface area contributed by atoms with Gasteiger partial charge in [0.25, 0.3) is 10.0 Å². The number of hydrogen-bond acceptors (Lipinski definition) is 4. The van der Waals surface area contributed by atoms with E-state index in [9.17, 15) is 8.42 Å². The van der Waals surface area contributed by atoms with Gasteiger partial charge < -0.3 is 9.80 Å². The second-order valence-electron chi connectivity index (χ2n) is 5.77. The van der Waals surface area contributed by atoms with Gasteiger partial charge in [-0.15, -0.1) is 11.3 Å². The van der Waals surface area contributed by atoms with E-state index in [0.717, 1.165) is 43.2 Å². The zero-order valence-corrected chi connectivity index (χ0v) is 16.2. The molecule has 0 spiro atoms. The average Bonchev–Trinajstić information content (AvgIpc) is 2.96. The summed E-state index contributed by atoms with van der Waals surface area (Å²) in [5.74, 6) is 0. The van der Waals surface area contributed by atoms with Gasteiger partial charge in [-0.05, 0) is 30.3 Å². The Bertz CT molecular complexity index is 831. The van der Waals surface area contributed by atoms with E-state index < -0.39 is 10.0 Å². The molecular weight excluding hydrogens is 389 g/mol. The summed E-state index contributed by atoms with van der Waals surface area (Å²) in [5.41, 5.74) is 1.34. The summed E-state index contributed by atoms with van der Waals surface area (Å²) < 4.78 is 28.4. The molecule has 1 saturated heterocycles. The van der Waals surface area contributed by atoms with Crippen LogP contribution in [0.15, 0.2) is 34.5 Å². The van der Waals surface area contributed by atoms with Crippen molar-refractivity contribution in [1.29, 1.82) is 0 Å². The van der Waals surface area contributed by atoms with Gasteiger partial charge in [0.05, 0.1) is 48.9 Å². The Labute approximate surface area is 155 Å². The molecule has 0 bridgehead atoms. The Kier molecular flexibility index (Phi) is 5.27. The van der Waals surface area contributed by atoms with Gasteiger partial charge in [-0.2, -0.15) is 0 Å². The molecule has 130 valence electrons. The lowest BCUT2D eigenvalue weighted by Gasteiger charge is -2.33. The van der Waals surface area contributed by atoms with Crippen LogP contribution >= 0.6 is 34.5 Å². The largest absolute Gasteiger partial charge is 0.359 e. The highest BCUT2D eigenvalue weighted by Gasteiger charge is 2.23. The number of thiophene rings is 1. The van der Waals surface area contributed by atoms with Crippen molar-refractivity contribution >= 4 is 55.9 Å². The molecule has 9 heteroatoms. The molecule has 0 radical (unpaired) electrons. The highest BCUT2D eigenvalue weighted by atomic mass is 35.5. The van der Waals surface area contributed by atoms with Crippen LogP contribution in [0.3, 0.4) is 0 Å². The Hall–Kier alpha value is -0.990. The molecule has 5 nitrogen and oxygen atoms in total. The molecule has 2 heterocycles. The molecule has 0 unspecified atom stereocenters. The normalized spacial score (nSPS) is 16.4. The number of hydrogen-bond donors (Lipinski definition) is 2. The van der Waals surface area contributed by atoms with Gasteiger partial charge in [0.2, 0.25) is 0 Å². The molecule has 0 amide bonds. The lowest BCUT2D eigenvalue weighted by molar-refractivity contribution is -0.880. The highest BCUT2D eigenvalue weighted by molar-refractivity contribution is 7.94. The van der Waals surface area contributed by atoms with Crippen molar-refractivity contribution in [2.75, 3.05) is 42.8 Å². The first kappa shape index (κ1) is 17.8. The summed E-state index contributed by atoms with van der Waals surface area (Å²) >= 11 is 13.0. The smallest absolute Gasteiger partial charge is 0.271 e. The summed E-state index contributed by atoms with van der Waals surface area (Å²) in [6.07, 6.45) is 0. The van der Waals surface area contributed by atoms with Crippen LogP contribution in [0.4, 0.5) is 11.4 Å². The first-order chi connectivity index (χ1) is 11.3. The molecule has 24 heavy (non-hydrogen) atoms. The predicted octanol–water partition coefficient (Wildman–Crippen LogP) is 2.19. The maximum atomic E-state index is 12.6. The van der Waals surface area contributed by atoms with Crippen molar-refractivity contribution in [3.63, 3.8) is 0 Å². The number of benzene rings is 1. The van der Waals surface area contributed by atoms with Crippen LogP contribution in [-0.4, -0.2) is 41.6 Å². The van der Waals surface area contributed by atoms with E-state index in [1.54, 1.807) is 18.2 Å². The maximum absolute atomic E-state index is 12.6. The molecule has 0 atom stereocenters. The number of anilines is 2. The standard InChI is InChI=1S/C15H17Cl2N3O2S2/c1-19-6-8-20(9-7-19)13-3-2-11(16)10-12(13)18-24(21,22)15-5-4-14(17)23-15/h2-5,10,18H,6-9H2,1H3/p+1. The van der Waals surface area contributed by atoms with Crippen molar-refractivity contribution in [2.45, 2.75) is 4.21 Å². The van der Waals surface area contributed by atoms with Crippen molar-refractivity contribution in [3.05, 3.63) is 39.7 Å². The van der Waals surface area contributed by atoms with Crippen molar-refractivity contribution in [2.24, 2.45) is 0 Å². The van der Waals surface area contributed by atoms with Crippen molar-refractivity contribution in [3.8, 4) is 0 Å². The third kappa shape index (κ3) is 3.97. The Morgan fingerprint density at radius 1 is 1.17 bits per heavy atom. The molecule has 1 aromatic carbocycles. The summed E-state index contributed by atoms with van der Waals surface area (Å²) in [6.45, 7) is 3.75. The number of nitrogens with zero attached hydrogens (tertiary/aromatic N) is 1. The molecule has 3 rings (SSSR count). The van der Waals surface area contributed by atoms with Crippen LogP contribution in [0.1, 0.15) is 0 Å². The number of likely N-dealkylation sites (N-methyl/N-ethyl adjacent to an activating group) is 1. The van der Waals surface area contributed by atoms with E-state index >= 15 is 0 Å². The Balaban J connectivity index is 1.91. The topological polar surface area (TPSA) is 53.9 Å². The number of nitrogens with one attached hydrogen (secondary N) is 2. The lowest BCUT2D eigenvalue weighted by atomic mass is 10.2. The highest BCUT2D eigenvalue weighted by Crippen LogP contribution is 2.33. The molecular formula is C15H18Cl2N3O2S2+. The first-order valence-corrected chi connectivity index (χ1v) is 10.5. The Morgan fingerprint density at radius 2 is 1.88 bits per heavy atom. The van der Waals surface area contributed by atoms with Crippen molar-refractivity contribution < 1.29 is 13.3 Å². The second-order valence-corrected chi connectivity index (χ2v) is 9.83. The summed E-state index contributed by atoms with van der Waals surface area (Å²) in [7, 11) is -1.53. The molecule has 2 N–H and O–H groups in total. The van der Waals surface area contributed by atoms with E-state index in [-0.39, 0.29) is 4.21 Å². The third-order valence-corrected chi connectivity index (χ3v) is 7.30. The lowest BCUT2D eigenvalue weighted by Crippen LogP contribution is -3.12. The van der Waals surface area contributed by atoms with Gasteiger partial charge in [-0.3, -0.25) is 4.72 Å². The van der Waals surface area contributed by atoms with E-state index in [2.05, 4.69) is 16.7 Å². The molecule has 0 aliphatic carbocycles. The maximum Gasteiger partial charge on any atom is 0.271 e. The zero-order valence-electron chi connectivity index (χ0n) is 13.1. The zero-order chi connectivity index (χ0) is 17.3. The van der Waals surface area contributed by atoms with Gasteiger partial charge in [0, 0.05) is 5.02 Å². The van der Waals surface area contributed by atoms with Crippen LogP contribution in [0.2, 0.25) is 9.36 Å².